The lowest BCUT2D eigenvalue weighted by atomic mass is 10.1. The fourth-order valence-electron chi connectivity index (χ4n) is 1.50. The maximum absolute atomic E-state index is 11.8. The molecule has 1 rings (SSSR count). The van der Waals surface area contributed by atoms with Crippen molar-refractivity contribution in [3.63, 3.8) is 0 Å². The minimum Gasteiger partial charge on any atom is -0.496 e. The molecule has 0 fully saturated rings. The van der Waals surface area contributed by atoms with Gasteiger partial charge in [-0.25, -0.2) is 0 Å². The summed E-state index contributed by atoms with van der Waals surface area (Å²) in [5.74, 6) is 0.846. The number of rotatable bonds is 7. The highest BCUT2D eigenvalue weighted by Crippen LogP contribution is 2.29. The average molecular weight is 279 g/mol. The number of nitrogens with one attached hydrogen (secondary N) is 1. The van der Waals surface area contributed by atoms with Crippen LogP contribution < -0.4 is 10.1 Å². The third kappa shape index (κ3) is 6.16. The zero-order chi connectivity index (χ0) is 13.4. The van der Waals surface area contributed by atoms with Gasteiger partial charge in [0.2, 0.25) is 0 Å². The van der Waals surface area contributed by atoms with Crippen LogP contribution in [0.25, 0.3) is 0 Å². The number of alkyl halides is 3. The summed E-state index contributed by atoms with van der Waals surface area (Å²) < 4.78 is 40.7. The van der Waals surface area contributed by atoms with Crippen LogP contribution in [0, 0.1) is 0 Å². The van der Waals surface area contributed by atoms with Crippen molar-refractivity contribution in [1.82, 2.24) is 5.32 Å². The molecule has 0 heterocycles. The Labute approximate surface area is 109 Å². The van der Waals surface area contributed by atoms with Gasteiger partial charge < -0.3 is 10.1 Å². The summed E-state index contributed by atoms with van der Waals surface area (Å²) >= 11 is 0.000284. The first-order chi connectivity index (χ1) is 8.53. The van der Waals surface area contributed by atoms with Crippen molar-refractivity contribution in [3.8, 4) is 5.75 Å². The van der Waals surface area contributed by atoms with E-state index in [0.29, 0.717) is 13.1 Å². The normalized spacial score (nSPS) is 11.6. The molecule has 102 valence electrons. The first-order valence-electron chi connectivity index (χ1n) is 5.56. The summed E-state index contributed by atoms with van der Waals surface area (Å²) in [4.78, 5) is 0. The molecule has 1 N–H and O–H groups in total. The molecule has 0 unspecified atom stereocenters. The van der Waals surface area contributed by atoms with Crippen LogP contribution in [-0.4, -0.2) is 31.5 Å². The van der Waals surface area contributed by atoms with E-state index in [0.717, 1.165) is 17.7 Å². The molecule has 0 aliphatic rings. The summed E-state index contributed by atoms with van der Waals surface area (Å²) in [7, 11) is 1.60. The van der Waals surface area contributed by atoms with Gasteiger partial charge in [0.25, 0.3) is 0 Å². The van der Waals surface area contributed by atoms with Gasteiger partial charge in [-0.1, -0.05) is 18.2 Å². The Morgan fingerprint density at radius 1 is 1.22 bits per heavy atom. The quantitative estimate of drug-likeness (QED) is 0.775. The van der Waals surface area contributed by atoms with Crippen LogP contribution in [0.1, 0.15) is 5.56 Å². The molecule has 0 radical (unpaired) electrons. The van der Waals surface area contributed by atoms with Crippen LogP contribution in [0.15, 0.2) is 24.3 Å². The number of benzene rings is 1. The zero-order valence-corrected chi connectivity index (χ0v) is 10.9. The van der Waals surface area contributed by atoms with Gasteiger partial charge >= 0.3 is 5.51 Å². The lowest BCUT2D eigenvalue weighted by Gasteiger charge is -2.09. The Morgan fingerprint density at radius 2 is 1.94 bits per heavy atom. The predicted octanol–water partition coefficient (Wildman–Crippen LogP) is 3.08. The first-order valence-corrected chi connectivity index (χ1v) is 6.55. The molecule has 0 atom stereocenters. The summed E-state index contributed by atoms with van der Waals surface area (Å²) in [6, 6.07) is 7.62. The van der Waals surface area contributed by atoms with E-state index in [1.54, 1.807) is 7.11 Å². The Morgan fingerprint density at radius 3 is 2.61 bits per heavy atom. The van der Waals surface area contributed by atoms with Crippen LogP contribution in [-0.2, 0) is 6.42 Å². The largest absolute Gasteiger partial charge is 0.496 e. The van der Waals surface area contributed by atoms with Crippen LogP contribution in [0.2, 0.25) is 0 Å². The molecule has 0 amide bonds. The Kier molecular flexibility index (Phi) is 6.35. The Hall–Kier alpha value is -0.880. The topological polar surface area (TPSA) is 21.3 Å². The number of thioether (sulfide) groups is 1. The number of hydrogen-bond donors (Lipinski definition) is 1. The van der Waals surface area contributed by atoms with Crippen molar-refractivity contribution >= 4 is 11.8 Å². The van der Waals surface area contributed by atoms with E-state index < -0.39 is 5.51 Å². The molecular weight excluding hydrogens is 263 g/mol. The molecule has 0 saturated carbocycles. The average Bonchev–Trinajstić information content (AvgIpc) is 2.32. The van der Waals surface area contributed by atoms with Crippen LogP contribution in [0.3, 0.4) is 0 Å². The van der Waals surface area contributed by atoms with Gasteiger partial charge in [-0.3, -0.25) is 0 Å². The number of halogens is 3. The van der Waals surface area contributed by atoms with Gasteiger partial charge in [-0.15, -0.1) is 0 Å². The molecule has 0 aliphatic heterocycles. The molecule has 1 aromatic carbocycles. The van der Waals surface area contributed by atoms with Gasteiger partial charge in [0.15, 0.2) is 0 Å². The molecule has 1 aromatic rings. The van der Waals surface area contributed by atoms with Crippen LogP contribution >= 0.6 is 11.8 Å². The maximum atomic E-state index is 11.8. The van der Waals surface area contributed by atoms with E-state index in [1.807, 2.05) is 24.3 Å². The molecule has 0 aliphatic carbocycles. The number of hydrogen-bond acceptors (Lipinski definition) is 3. The Balaban J connectivity index is 2.18. The fourth-order valence-corrected chi connectivity index (χ4v) is 1.97. The van der Waals surface area contributed by atoms with Gasteiger partial charge in [0.1, 0.15) is 5.75 Å². The molecule has 0 spiro atoms. The lowest BCUT2D eigenvalue weighted by molar-refractivity contribution is -0.0327. The number of methoxy groups -OCH3 is 1. The second-order valence-corrected chi connectivity index (χ2v) is 4.77. The summed E-state index contributed by atoms with van der Waals surface area (Å²) in [5.41, 5.74) is -3.08. The minimum absolute atomic E-state index is 0.000284. The summed E-state index contributed by atoms with van der Waals surface area (Å²) in [6.45, 7) is 0.984. The van der Waals surface area contributed by atoms with E-state index in [4.69, 9.17) is 4.74 Å². The van der Waals surface area contributed by atoms with E-state index in [-0.39, 0.29) is 17.5 Å². The highest BCUT2D eigenvalue weighted by Gasteiger charge is 2.27. The van der Waals surface area contributed by atoms with Gasteiger partial charge in [-0.05, 0) is 36.4 Å². The van der Waals surface area contributed by atoms with E-state index >= 15 is 0 Å². The highest BCUT2D eigenvalue weighted by atomic mass is 32.2. The van der Waals surface area contributed by atoms with Crippen molar-refractivity contribution in [1.29, 1.82) is 0 Å². The molecule has 0 saturated heterocycles. The van der Waals surface area contributed by atoms with E-state index in [1.165, 1.54) is 0 Å². The van der Waals surface area contributed by atoms with Crippen molar-refractivity contribution in [2.45, 2.75) is 11.9 Å². The van der Waals surface area contributed by atoms with Crippen LogP contribution in [0.5, 0.6) is 5.75 Å². The molecular formula is C12H16F3NOS. The second-order valence-electron chi connectivity index (χ2n) is 3.61. The van der Waals surface area contributed by atoms with E-state index in [9.17, 15) is 13.2 Å². The Bertz CT molecular complexity index is 357. The first kappa shape index (κ1) is 15.2. The van der Waals surface area contributed by atoms with Crippen LogP contribution in [0.4, 0.5) is 13.2 Å². The summed E-state index contributed by atoms with van der Waals surface area (Å²) in [6.07, 6.45) is 0.737. The van der Waals surface area contributed by atoms with Gasteiger partial charge in [0.05, 0.1) is 7.11 Å². The number of ether oxygens (including phenoxy) is 1. The van der Waals surface area contributed by atoms with Crippen molar-refractivity contribution in [2.24, 2.45) is 0 Å². The minimum atomic E-state index is -4.13. The van der Waals surface area contributed by atoms with Gasteiger partial charge in [-0.2, -0.15) is 13.2 Å². The second kappa shape index (κ2) is 7.53. The summed E-state index contributed by atoms with van der Waals surface area (Å²) in [5, 5.41) is 2.98. The molecule has 0 bridgehead atoms. The van der Waals surface area contributed by atoms with E-state index in [2.05, 4.69) is 5.32 Å². The van der Waals surface area contributed by atoms with Crippen molar-refractivity contribution < 1.29 is 17.9 Å². The third-order valence-corrected chi connectivity index (χ3v) is 3.04. The highest BCUT2D eigenvalue weighted by molar-refractivity contribution is 8.00. The van der Waals surface area contributed by atoms with Crippen molar-refractivity contribution in [3.05, 3.63) is 29.8 Å². The zero-order valence-electron chi connectivity index (χ0n) is 10.1. The SMILES string of the molecule is COc1ccccc1CCNCCSC(F)(F)F. The molecule has 2 nitrogen and oxygen atoms in total. The standard InChI is InChI=1S/C12H16F3NOS/c1-17-11-5-3-2-4-10(11)6-7-16-8-9-18-12(13,14)15/h2-5,16H,6-9H2,1H3. The smallest absolute Gasteiger partial charge is 0.441 e. The fraction of sp³-hybridized carbons (Fsp3) is 0.500. The van der Waals surface area contributed by atoms with Gasteiger partial charge in [0, 0.05) is 12.3 Å². The predicted molar refractivity (Wildman–Crippen MR) is 68.1 cm³/mol. The third-order valence-electron chi connectivity index (χ3n) is 2.31. The molecule has 18 heavy (non-hydrogen) atoms. The maximum Gasteiger partial charge on any atom is 0.441 e. The molecule has 0 aromatic heterocycles. The molecule has 6 heteroatoms. The monoisotopic (exact) mass is 279 g/mol. The number of para-hydroxylation sites is 1. The lowest BCUT2D eigenvalue weighted by Crippen LogP contribution is -2.21. The van der Waals surface area contributed by atoms with Crippen molar-refractivity contribution in [2.75, 3.05) is 26.0 Å².